The number of carbonyl (C=O) groups is 2. The highest BCUT2D eigenvalue weighted by molar-refractivity contribution is 6.41. The highest BCUT2D eigenvalue weighted by Gasteiger charge is 2.34. The molecule has 0 aliphatic carbocycles. The molecule has 0 amide bonds. The summed E-state index contributed by atoms with van der Waals surface area (Å²) < 4.78 is 41.5. The molecule has 1 aromatic rings. The van der Waals surface area contributed by atoms with Gasteiger partial charge in [-0.3, -0.25) is 4.79 Å². The summed E-state index contributed by atoms with van der Waals surface area (Å²) in [6.45, 7) is 0. The number of fused-ring (bicyclic) bond motifs is 1. The van der Waals surface area contributed by atoms with Crippen LogP contribution in [0.3, 0.4) is 0 Å². The summed E-state index contributed by atoms with van der Waals surface area (Å²) in [6, 6.07) is 4.21. The lowest BCUT2D eigenvalue weighted by atomic mass is 9.97. The Kier molecular flexibility index (Phi) is 3.61. The zero-order valence-corrected chi connectivity index (χ0v) is 10.5. The molecule has 2 rings (SSSR count). The predicted octanol–water partition coefficient (Wildman–Crippen LogP) is 2.62. The first-order valence-electron chi connectivity index (χ1n) is 5.69. The second-order valence-electron chi connectivity index (χ2n) is 4.29. The number of alkyl halides is 3. The van der Waals surface area contributed by atoms with Crippen LogP contribution in [-0.2, 0) is 16.0 Å². The number of hydrogen-bond acceptors (Lipinski definition) is 4. The molecule has 0 fully saturated rings. The molecule has 0 aromatic heterocycles. The first-order valence-corrected chi connectivity index (χ1v) is 5.69. The Balaban J connectivity index is 2.35. The lowest BCUT2D eigenvalue weighted by Gasteiger charge is -2.16. The van der Waals surface area contributed by atoms with Crippen LogP contribution in [0.5, 0.6) is 0 Å². The fourth-order valence-corrected chi connectivity index (χ4v) is 1.89. The predicted molar refractivity (Wildman–Crippen MR) is 64.3 cm³/mol. The summed E-state index contributed by atoms with van der Waals surface area (Å²) in [4.78, 5) is 26.7. The van der Waals surface area contributed by atoms with Crippen molar-refractivity contribution in [1.82, 2.24) is 0 Å². The van der Waals surface area contributed by atoms with Crippen LogP contribution in [0.1, 0.15) is 22.3 Å². The van der Waals surface area contributed by atoms with Crippen LogP contribution < -0.4 is 0 Å². The summed E-state index contributed by atoms with van der Waals surface area (Å²) in [6.07, 6.45) is -6.02. The smallest absolute Gasteiger partial charge is 0.394 e. The van der Waals surface area contributed by atoms with E-state index in [9.17, 15) is 22.8 Å². The second kappa shape index (κ2) is 5.07. The van der Waals surface area contributed by atoms with E-state index < -0.39 is 30.1 Å². The van der Waals surface area contributed by atoms with Gasteiger partial charge in [0.1, 0.15) is 0 Å². The number of nitrogens with zero attached hydrogens (tertiary/aromatic N) is 1. The van der Waals surface area contributed by atoms with E-state index in [1.165, 1.54) is 25.3 Å². The van der Waals surface area contributed by atoms with Gasteiger partial charge in [-0.15, -0.1) is 0 Å². The zero-order valence-electron chi connectivity index (χ0n) is 10.5. The third-order valence-electron chi connectivity index (χ3n) is 2.80. The Morgan fingerprint density at radius 1 is 1.40 bits per heavy atom. The zero-order chi connectivity index (χ0) is 14.9. The highest BCUT2D eigenvalue weighted by atomic mass is 19.4. The summed E-state index contributed by atoms with van der Waals surface area (Å²) in [7, 11) is 1.21. The number of methoxy groups -OCH3 is 1. The molecule has 1 aromatic carbocycles. The maximum Gasteiger partial charge on any atom is 0.394 e. The molecule has 0 N–H and O–H groups in total. The third kappa shape index (κ3) is 3.04. The molecule has 0 saturated heterocycles. The van der Waals surface area contributed by atoms with Crippen molar-refractivity contribution in [2.75, 3.05) is 7.11 Å². The van der Waals surface area contributed by atoms with Crippen LogP contribution in [-0.4, -0.2) is 30.8 Å². The largest absolute Gasteiger partial charge is 0.465 e. The first-order chi connectivity index (χ1) is 9.30. The summed E-state index contributed by atoms with van der Waals surface area (Å²) in [5.41, 5.74) is 0.421. The maximum atomic E-state index is 12.3. The van der Waals surface area contributed by atoms with Gasteiger partial charge >= 0.3 is 12.1 Å². The Hall–Kier alpha value is -2.18. The lowest BCUT2D eigenvalue weighted by molar-refractivity contribution is -0.125. The molecule has 0 spiro atoms. The van der Waals surface area contributed by atoms with Gasteiger partial charge in [0.2, 0.25) is 0 Å². The van der Waals surface area contributed by atoms with Crippen molar-refractivity contribution >= 4 is 23.2 Å². The number of ether oxygens (including phenoxy) is 1. The number of halogens is 3. The standard InChI is InChI=1S/C13H10F3NO3/c1-20-12(19)7-2-3-9-8(4-7)5-11(18)10(17-9)6-13(14,15)16/h2-4H,5-6H2,1H3. The molecule has 0 radical (unpaired) electrons. The van der Waals surface area contributed by atoms with Crippen LogP contribution in [0, 0.1) is 0 Å². The van der Waals surface area contributed by atoms with E-state index in [4.69, 9.17) is 0 Å². The van der Waals surface area contributed by atoms with E-state index in [-0.39, 0.29) is 17.7 Å². The average molecular weight is 285 g/mol. The molecular weight excluding hydrogens is 275 g/mol. The number of rotatable bonds is 2. The molecule has 1 aliphatic rings. The van der Waals surface area contributed by atoms with E-state index in [0.717, 1.165) is 0 Å². The Labute approximate surface area is 112 Å². The molecular formula is C13H10F3NO3. The monoisotopic (exact) mass is 285 g/mol. The third-order valence-corrected chi connectivity index (χ3v) is 2.80. The van der Waals surface area contributed by atoms with Gasteiger partial charge in [-0.2, -0.15) is 13.2 Å². The topological polar surface area (TPSA) is 55.7 Å². The van der Waals surface area contributed by atoms with Gasteiger partial charge in [0, 0.05) is 6.42 Å². The van der Waals surface area contributed by atoms with Crippen molar-refractivity contribution in [2.45, 2.75) is 19.0 Å². The fraction of sp³-hybridized carbons (Fsp3) is 0.308. The molecule has 0 unspecified atom stereocenters. The summed E-state index contributed by atoms with van der Waals surface area (Å²) in [5, 5.41) is 0. The van der Waals surface area contributed by atoms with Gasteiger partial charge in [0.05, 0.1) is 30.5 Å². The van der Waals surface area contributed by atoms with Crippen molar-refractivity contribution in [3.8, 4) is 0 Å². The Bertz CT molecular complexity index is 605. The summed E-state index contributed by atoms with van der Waals surface area (Å²) >= 11 is 0. The number of carbonyl (C=O) groups excluding carboxylic acids is 2. The van der Waals surface area contributed by atoms with Crippen molar-refractivity contribution in [3.05, 3.63) is 29.3 Å². The van der Waals surface area contributed by atoms with Crippen molar-refractivity contribution < 1.29 is 27.5 Å². The van der Waals surface area contributed by atoms with E-state index >= 15 is 0 Å². The van der Waals surface area contributed by atoms with Gasteiger partial charge in [0.25, 0.3) is 0 Å². The molecule has 7 heteroatoms. The molecule has 4 nitrogen and oxygen atoms in total. The molecule has 0 bridgehead atoms. The second-order valence-corrected chi connectivity index (χ2v) is 4.29. The molecule has 106 valence electrons. The average Bonchev–Trinajstić information content (AvgIpc) is 2.36. The first kappa shape index (κ1) is 14.2. The van der Waals surface area contributed by atoms with Gasteiger partial charge in [-0.25, -0.2) is 9.79 Å². The van der Waals surface area contributed by atoms with Crippen LogP contribution in [0.15, 0.2) is 23.2 Å². The number of hydrogen-bond donors (Lipinski definition) is 0. The minimum atomic E-state index is -4.47. The molecule has 20 heavy (non-hydrogen) atoms. The van der Waals surface area contributed by atoms with Crippen LogP contribution in [0.2, 0.25) is 0 Å². The summed E-state index contributed by atoms with van der Waals surface area (Å²) in [5.74, 6) is -1.26. The minimum Gasteiger partial charge on any atom is -0.465 e. The van der Waals surface area contributed by atoms with Crippen LogP contribution in [0.4, 0.5) is 18.9 Å². The Morgan fingerprint density at radius 2 is 2.10 bits per heavy atom. The van der Waals surface area contributed by atoms with E-state index in [2.05, 4.69) is 9.73 Å². The number of esters is 1. The minimum absolute atomic E-state index is 0.199. The number of aliphatic imine (C=N–C) groups is 1. The van der Waals surface area contributed by atoms with Crippen molar-refractivity contribution in [3.63, 3.8) is 0 Å². The van der Waals surface area contributed by atoms with Gasteiger partial charge in [-0.1, -0.05) is 0 Å². The number of benzene rings is 1. The fourth-order valence-electron chi connectivity index (χ4n) is 1.89. The highest BCUT2D eigenvalue weighted by Crippen LogP contribution is 2.29. The Morgan fingerprint density at radius 3 is 2.70 bits per heavy atom. The van der Waals surface area contributed by atoms with E-state index in [0.29, 0.717) is 5.56 Å². The van der Waals surface area contributed by atoms with Crippen LogP contribution >= 0.6 is 0 Å². The van der Waals surface area contributed by atoms with E-state index in [1.54, 1.807) is 0 Å². The SMILES string of the molecule is COC(=O)c1ccc2c(c1)CC(=O)C(CC(F)(F)F)=N2. The lowest BCUT2D eigenvalue weighted by Crippen LogP contribution is -2.26. The van der Waals surface area contributed by atoms with Crippen molar-refractivity contribution in [2.24, 2.45) is 4.99 Å². The van der Waals surface area contributed by atoms with E-state index in [1.807, 2.05) is 0 Å². The molecule has 0 saturated carbocycles. The van der Waals surface area contributed by atoms with Crippen LogP contribution in [0.25, 0.3) is 0 Å². The van der Waals surface area contributed by atoms with Crippen molar-refractivity contribution in [1.29, 1.82) is 0 Å². The molecule has 1 aliphatic heterocycles. The van der Waals surface area contributed by atoms with Gasteiger partial charge < -0.3 is 4.74 Å². The quantitative estimate of drug-likeness (QED) is 0.785. The molecule has 1 heterocycles. The number of Topliss-reactive ketones (excluding diaryl/α,β-unsaturated/α-hetero) is 1. The molecule has 0 atom stereocenters. The normalized spacial score (nSPS) is 14.6. The maximum absolute atomic E-state index is 12.3. The van der Waals surface area contributed by atoms with Gasteiger partial charge in [-0.05, 0) is 23.8 Å². The number of ketones is 1. The van der Waals surface area contributed by atoms with Gasteiger partial charge in [0.15, 0.2) is 5.78 Å².